The van der Waals surface area contributed by atoms with Crippen LogP contribution >= 0.6 is 0 Å². The van der Waals surface area contributed by atoms with Gasteiger partial charge in [0, 0.05) is 30.5 Å². The summed E-state index contributed by atoms with van der Waals surface area (Å²) in [6.07, 6.45) is 5.25. The van der Waals surface area contributed by atoms with Crippen molar-refractivity contribution in [3.8, 4) is 0 Å². The summed E-state index contributed by atoms with van der Waals surface area (Å²) in [5.74, 6) is 0.884. The molecule has 3 rings (SSSR count). The summed E-state index contributed by atoms with van der Waals surface area (Å²) in [4.78, 5) is 4.77. The molecule has 26 heavy (non-hydrogen) atoms. The number of aliphatic hydroxyl groups is 1. The second-order valence-corrected chi connectivity index (χ2v) is 7.47. The predicted octanol–water partition coefficient (Wildman–Crippen LogP) is 2.67. The molecule has 0 aliphatic heterocycles. The van der Waals surface area contributed by atoms with Gasteiger partial charge in [-0.1, -0.05) is 36.8 Å². The van der Waals surface area contributed by atoms with Gasteiger partial charge in [0.2, 0.25) is 0 Å². The Hall–Kier alpha value is -1.59. The van der Waals surface area contributed by atoms with Gasteiger partial charge in [-0.2, -0.15) is 0 Å². The summed E-state index contributed by atoms with van der Waals surface area (Å²) in [6.45, 7) is 6.47. The van der Waals surface area contributed by atoms with Crippen LogP contribution in [0.4, 0.5) is 0 Å². The van der Waals surface area contributed by atoms with Crippen molar-refractivity contribution in [2.24, 2.45) is 10.4 Å². The van der Waals surface area contributed by atoms with Gasteiger partial charge >= 0.3 is 0 Å². The molecule has 1 aromatic rings. The summed E-state index contributed by atoms with van der Waals surface area (Å²) in [7, 11) is 0. The van der Waals surface area contributed by atoms with Gasteiger partial charge in [-0.15, -0.1) is 0 Å². The van der Waals surface area contributed by atoms with Crippen molar-refractivity contribution in [2.45, 2.75) is 57.6 Å². The number of hydrogen-bond acceptors (Lipinski definition) is 3. The first-order valence-electron chi connectivity index (χ1n) is 10.1. The number of nitrogens with zero attached hydrogens (tertiary/aromatic N) is 1. The zero-order valence-electron chi connectivity index (χ0n) is 16.1. The van der Waals surface area contributed by atoms with Crippen LogP contribution in [0.2, 0.25) is 0 Å². The molecule has 0 radical (unpaired) electrons. The molecule has 5 nitrogen and oxygen atoms in total. The second kappa shape index (κ2) is 8.87. The van der Waals surface area contributed by atoms with E-state index >= 15 is 0 Å². The topological polar surface area (TPSA) is 65.9 Å². The van der Waals surface area contributed by atoms with Crippen LogP contribution in [-0.2, 0) is 4.74 Å². The van der Waals surface area contributed by atoms with Crippen molar-refractivity contribution in [3.05, 3.63) is 35.9 Å². The Kier molecular flexibility index (Phi) is 6.54. The van der Waals surface area contributed by atoms with Gasteiger partial charge in [0.05, 0.1) is 19.3 Å². The standard InChI is InChI=1S/C21H33N3O2/c1-3-22-20(23-14-17(15-25)16-9-6-5-7-10-16)24-18-13-19(26-4-2)21(18)11-8-12-21/h5-7,9-10,17-19,25H,3-4,8,11-15H2,1-2H3,(H2,22,23,24). The average molecular weight is 360 g/mol. The Morgan fingerprint density at radius 2 is 2.08 bits per heavy atom. The Bertz CT molecular complexity index is 586. The van der Waals surface area contributed by atoms with Crippen molar-refractivity contribution >= 4 is 5.96 Å². The molecule has 0 amide bonds. The zero-order chi connectivity index (χ0) is 18.4. The molecule has 0 aromatic heterocycles. The Morgan fingerprint density at radius 1 is 1.31 bits per heavy atom. The molecule has 0 saturated heterocycles. The third kappa shape index (κ3) is 3.89. The highest BCUT2D eigenvalue weighted by Gasteiger charge is 2.59. The quantitative estimate of drug-likeness (QED) is 0.493. The summed E-state index contributed by atoms with van der Waals surface area (Å²) in [5, 5.41) is 16.8. The summed E-state index contributed by atoms with van der Waals surface area (Å²) in [5.41, 5.74) is 1.44. The summed E-state index contributed by atoms with van der Waals surface area (Å²) < 4.78 is 5.95. The van der Waals surface area contributed by atoms with Crippen LogP contribution < -0.4 is 10.6 Å². The lowest BCUT2D eigenvalue weighted by Crippen LogP contribution is -2.68. The lowest BCUT2D eigenvalue weighted by molar-refractivity contribution is -0.168. The van der Waals surface area contributed by atoms with Crippen molar-refractivity contribution in [2.75, 3.05) is 26.3 Å². The average Bonchev–Trinajstić information content (AvgIpc) is 2.60. The van der Waals surface area contributed by atoms with E-state index in [1.54, 1.807) is 0 Å². The van der Waals surface area contributed by atoms with Crippen LogP contribution in [0.5, 0.6) is 0 Å². The molecule has 0 heterocycles. The maximum atomic E-state index is 9.76. The van der Waals surface area contributed by atoms with E-state index in [9.17, 15) is 5.11 Å². The lowest BCUT2D eigenvalue weighted by atomic mass is 9.51. The van der Waals surface area contributed by atoms with Gasteiger partial charge in [-0.3, -0.25) is 4.99 Å². The molecule has 0 bridgehead atoms. The molecule has 2 aliphatic rings. The Balaban J connectivity index is 1.63. The Morgan fingerprint density at radius 3 is 2.65 bits per heavy atom. The number of hydrogen-bond donors (Lipinski definition) is 3. The van der Waals surface area contributed by atoms with Crippen molar-refractivity contribution < 1.29 is 9.84 Å². The molecule has 1 aromatic carbocycles. The fourth-order valence-electron chi connectivity index (χ4n) is 4.32. The van der Waals surface area contributed by atoms with Crippen molar-refractivity contribution in [1.82, 2.24) is 10.6 Å². The van der Waals surface area contributed by atoms with Crippen molar-refractivity contribution in [3.63, 3.8) is 0 Å². The monoisotopic (exact) mass is 359 g/mol. The maximum Gasteiger partial charge on any atom is 0.191 e. The molecular weight excluding hydrogens is 326 g/mol. The van der Waals surface area contributed by atoms with Crippen molar-refractivity contribution in [1.29, 1.82) is 0 Å². The Labute approximate surface area is 157 Å². The second-order valence-electron chi connectivity index (χ2n) is 7.47. The van der Waals surface area contributed by atoms with E-state index in [1.165, 1.54) is 19.3 Å². The lowest BCUT2D eigenvalue weighted by Gasteiger charge is -2.61. The molecule has 2 saturated carbocycles. The highest BCUT2D eigenvalue weighted by molar-refractivity contribution is 5.80. The molecule has 3 atom stereocenters. The number of nitrogens with one attached hydrogen (secondary N) is 2. The summed E-state index contributed by atoms with van der Waals surface area (Å²) in [6, 6.07) is 10.6. The molecule has 144 valence electrons. The number of ether oxygens (including phenoxy) is 1. The van der Waals surface area contributed by atoms with Crippen LogP contribution in [0.1, 0.15) is 51.0 Å². The smallest absolute Gasteiger partial charge is 0.191 e. The highest BCUT2D eigenvalue weighted by Crippen LogP contribution is 2.57. The molecule has 5 heteroatoms. The molecule has 2 aliphatic carbocycles. The number of aliphatic hydroxyl groups excluding tert-OH is 1. The number of aliphatic imine (C=N–C) groups is 1. The van der Waals surface area contributed by atoms with E-state index in [0.717, 1.165) is 31.1 Å². The first-order valence-corrected chi connectivity index (χ1v) is 10.1. The zero-order valence-corrected chi connectivity index (χ0v) is 16.1. The van der Waals surface area contributed by atoms with E-state index in [4.69, 9.17) is 9.73 Å². The minimum absolute atomic E-state index is 0.0295. The minimum atomic E-state index is 0.0295. The van der Waals surface area contributed by atoms with Crippen LogP contribution in [-0.4, -0.2) is 49.5 Å². The van der Waals surface area contributed by atoms with E-state index in [-0.39, 0.29) is 12.5 Å². The van der Waals surface area contributed by atoms with Gasteiger partial charge in [0.15, 0.2) is 5.96 Å². The SMILES string of the molecule is CCNC(=NCC(CO)c1ccccc1)NC1CC(OCC)C12CCC2. The largest absolute Gasteiger partial charge is 0.396 e. The van der Waals surface area contributed by atoms with Gasteiger partial charge in [-0.25, -0.2) is 0 Å². The highest BCUT2D eigenvalue weighted by atomic mass is 16.5. The van der Waals surface area contributed by atoms with Crippen LogP contribution in [0, 0.1) is 5.41 Å². The number of guanidine groups is 1. The molecule has 1 spiro atoms. The maximum absolute atomic E-state index is 9.76. The van der Waals surface area contributed by atoms with Crippen LogP contribution in [0.25, 0.3) is 0 Å². The molecule has 3 N–H and O–H groups in total. The minimum Gasteiger partial charge on any atom is -0.396 e. The fourth-order valence-corrected chi connectivity index (χ4v) is 4.32. The van der Waals surface area contributed by atoms with E-state index in [1.807, 2.05) is 18.2 Å². The first kappa shape index (κ1) is 19.2. The van der Waals surface area contributed by atoms with Crippen LogP contribution in [0.15, 0.2) is 35.3 Å². The molecule has 2 fully saturated rings. The summed E-state index contributed by atoms with van der Waals surface area (Å²) >= 11 is 0. The molecular formula is C21H33N3O2. The van der Waals surface area contributed by atoms with Gasteiger partial charge in [-0.05, 0) is 38.7 Å². The van der Waals surface area contributed by atoms with Gasteiger partial charge < -0.3 is 20.5 Å². The first-order chi connectivity index (χ1) is 12.7. The van der Waals surface area contributed by atoms with E-state index < -0.39 is 0 Å². The number of benzene rings is 1. The van der Waals surface area contributed by atoms with E-state index in [0.29, 0.717) is 24.1 Å². The van der Waals surface area contributed by atoms with Crippen LogP contribution in [0.3, 0.4) is 0 Å². The van der Waals surface area contributed by atoms with Gasteiger partial charge in [0.25, 0.3) is 0 Å². The van der Waals surface area contributed by atoms with E-state index in [2.05, 4.69) is 36.6 Å². The fraction of sp³-hybridized carbons (Fsp3) is 0.667. The normalized spacial score (nSPS) is 25.3. The third-order valence-electron chi connectivity index (χ3n) is 6.05. The van der Waals surface area contributed by atoms with Gasteiger partial charge in [0.1, 0.15) is 0 Å². The third-order valence-corrected chi connectivity index (χ3v) is 6.05. The molecule has 3 unspecified atom stereocenters. The predicted molar refractivity (Wildman–Crippen MR) is 105 cm³/mol. The number of rotatable bonds is 8.